The van der Waals surface area contributed by atoms with Crippen LogP contribution in [0.3, 0.4) is 0 Å². The Morgan fingerprint density at radius 1 is 1.06 bits per heavy atom. The lowest BCUT2D eigenvalue weighted by Crippen LogP contribution is -2.63. The number of benzene rings is 1. The molecule has 0 saturated carbocycles. The van der Waals surface area contributed by atoms with Crippen LogP contribution in [0.2, 0.25) is 0 Å². The molecule has 0 spiro atoms. The monoisotopic (exact) mass is 533 g/mol. The van der Waals surface area contributed by atoms with Gasteiger partial charge in [-0.05, 0) is 60.8 Å². The van der Waals surface area contributed by atoms with Crippen LogP contribution in [0.5, 0.6) is 0 Å². The Morgan fingerprint density at radius 2 is 1.53 bits per heavy atom. The second kappa shape index (κ2) is 10.4. The third-order valence-corrected chi connectivity index (χ3v) is 8.53. The first-order valence-electron chi connectivity index (χ1n) is 12.0. The lowest BCUT2D eigenvalue weighted by Gasteiger charge is -2.42. The summed E-state index contributed by atoms with van der Waals surface area (Å²) in [6.07, 6.45) is -4.96. The highest BCUT2D eigenvalue weighted by Crippen LogP contribution is 2.46. The van der Waals surface area contributed by atoms with E-state index < -0.39 is 63.2 Å². The van der Waals surface area contributed by atoms with Gasteiger partial charge in [0.1, 0.15) is 11.0 Å². The van der Waals surface area contributed by atoms with E-state index in [0.29, 0.717) is 0 Å². The molecule has 1 aromatic rings. The van der Waals surface area contributed by atoms with E-state index in [1.807, 2.05) is 41.5 Å². The molecule has 0 radical (unpaired) electrons. The number of carbonyl (C=O) groups excluding carboxylic acids is 1. The topological polar surface area (TPSA) is 65.1 Å². The molecule has 0 N–H and O–H groups in total. The number of alkyl halides is 3. The number of hydrogen-bond donors (Lipinski definition) is 0. The largest absolute Gasteiger partial charge is 0.483 e. The molecule has 1 amide bonds. The molecule has 1 aliphatic rings. The Hall–Kier alpha value is -1.43. The summed E-state index contributed by atoms with van der Waals surface area (Å²) in [5, 5.41) is 0. The minimum atomic E-state index is -5.15. The van der Waals surface area contributed by atoms with E-state index in [0.717, 1.165) is 11.4 Å². The van der Waals surface area contributed by atoms with E-state index in [2.05, 4.69) is 0 Å². The summed E-state index contributed by atoms with van der Waals surface area (Å²) in [6.45, 7) is 15.8. The van der Waals surface area contributed by atoms with Crippen molar-refractivity contribution < 1.29 is 36.2 Å². The fourth-order valence-electron chi connectivity index (χ4n) is 4.05. The molecule has 0 bridgehead atoms. The lowest BCUT2D eigenvalue weighted by molar-refractivity contribution is -0.268. The van der Waals surface area contributed by atoms with Gasteiger partial charge in [-0.15, -0.1) is 0 Å². The van der Waals surface area contributed by atoms with Crippen LogP contribution in [0.4, 0.5) is 13.2 Å². The number of amides is 1. The molecule has 3 atom stereocenters. The van der Waals surface area contributed by atoms with Gasteiger partial charge in [-0.3, -0.25) is 9.10 Å². The quantitative estimate of drug-likeness (QED) is 0.417. The van der Waals surface area contributed by atoms with Crippen molar-refractivity contribution in [2.75, 3.05) is 7.11 Å². The normalized spacial score (nSPS) is 21.2. The van der Waals surface area contributed by atoms with Crippen molar-refractivity contribution in [1.82, 2.24) is 4.31 Å². The molecule has 0 unspecified atom stereocenters. The van der Waals surface area contributed by atoms with Crippen LogP contribution in [0, 0.1) is 5.92 Å². The first-order valence-corrected chi connectivity index (χ1v) is 13.1. The summed E-state index contributed by atoms with van der Waals surface area (Å²) in [5.41, 5.74) is -5.41. The molecule has 11 heteroatoms. The molecule has 6 nitrogen and oxygen atoms in total. The van der Waals surface area contributed by atoms with Crippen LogP contribution >= 0.6 is 0 Å². The summed E-state index contributed by atoms with van der Waals surface area (Å²) >= 11 is 0. The third kappa shape index (κ3) is 5.69. The van der Waals surface area contributed by atoms with E-state index in [1.54, 1.807) is 26.8 Å². The summed E-state index contributed by atoms with van der Waals surface area (Å²) in [5.74, 6) is -2.64. The van der Waals surface area contributed by atoms with Crippen LogP contribution < -0.4 is 0 Å². The van der Waals surface area contributed by atoms with Gasteiger partial charge < -0.3 is 14.0 Å². The number of ether oxygens (including phenoxy) is 1. The Morgan fingerprint density at radius 3 is 1.89 bits per heavy atom. The van der Waals surface area contributed by atoms with Crippen molar-refractivity contribution >= 4 is 24.0 Å². The molecule has 204 valence electrons. The predicted molar refractivity (Wildman–Crippen MR) is 135 cm³/mol. The Labute approximate surface area is 216 Å². The van der Waals surface area contributed by atoms with Crippen molar-refractivity contribution in [3.05, 3.63) is 35.9 Å². The predicted octanol–water partition coefficient (Wildman–Crippen LogP) is 5.43. The smallest absolute Gasteiger partial charge is 0.402 e. The number of methoxy groups -OCH3 is 1. The van der Waals surface area contributed by atoms with Crippen molar-refractivity contribution in [2.45, 2.75) is 102 Å². The van der Waals surface area contributed by atoms with Crippen LogP contribution in [-0.4, -0.2) is 56.7 Å². The minimum absolute atomic E-state index is 0.0825. The average molecular weight is 533 g/mol. The highest BCUT2D eigenvalue weighted by molar-refractivity contribution is 7.84. The van der Waals surface area contributed by atoms with E-state index in [-0.39, 0.29) is 12.3 Å². The van der Waals surface area contributed by atoms with Crippen molar-refractivity contribution in [2.24, 2.45) is 5.92 Å². The number of nitrogens with zero attached hydrogens (tertiary/aromatic N) is 1. The fourth-order valence-corrected chi connectivity index (χ4v) is 5.35. The Balaban J connectivity index is 2.81. The van der Waals surface area contributed by atoms with Gasteiger partial charge in [0.2, 0.25) is 0 Å². The van der Waals surface area contributed by atoms with Gasteiger partial charge in [0.25, 0.3) is 11.5 Å². The second-order valence-corrected chi connectivity index (χ2v) is 13.7. The average Bonchev–Trinajstić information content (AvgIpc) is 2.94. The summed E-state index contributed by atoms with van der Waals surface area (Å²) in [7, 11) is -2.48. The third-order valence-electron chi connectivity index (χ3n) is 6.69. The molecule has 0 aromatic heterocycles. The van der Waals surface area contributed by atoms with E-state index in [9.17, 15) is 22.2 Å². The molecular weight excluding hydrogens is 494 g/mol. The SMILES string of the molecule is CO[C@@](C(=O)N([C@@H](CC(C)C)B1OC(C)(C)C(C)(C)O1)[S@](=O)C(C)(C)C)(c1ccccc1)C(F)(F)F. The van der Waals surface area contributed by atoms with Gasteiger partial charge in [0, 0.05) is 12.7 Å². The number of carbonyl (C=O) groups is 1. The minimum Gasteiger partial charge on any atom is -0.402 e. The zero-order valence-electron chi connectivity index (χ0n) is 22.9. The molecule has 1 saturated heterocycles. The van der Waals surface area contributed by atoms with Gasteiger partial charge in [0.15, 0.2) is 0 Å². The van der Waals surface area contributed by atoms with E-state index in [1.165, 1.54) is 24.3 Å². The van der Waals surface area contributed by atoms with Crippen LogP contribution in [-0.2, 0) is 35.4 Å². The maximum absolute atomic E-state index is 14.8. The summed E-state index contributed by atoms with van der Waals surface area (Å²) < 4.78 is 75.6. The van der Waals surface area contributed by atoms with Crippen LogP contribution in [0.1, 0.15) is 74.3 Å². The molecule has 1 fully saturated rings. The van der Waals surface area contributed by atoms with Gasteiger partial charge in [-0.2, -0.15) is 13.2 Å². The van der Waals surface area contributed by atoms with Crippen molar-refractivity contribution in [1.29, 1.82) is 0 Å². The van der Waals surface area contributed by atoms with Crippen molar-refractivity contribution in [3.63, 3.8) is 0 Å². The van der Waals surface area contributed by atoms with Gasteiger partial charge in [-0.1, -0.05) is 44.2 Å². The summed E-state index contributed by atoms with van der Waals surface area (Å²) in [6, 6.07) is 6.69. The Kier molecular flexibility index (Phi) is 8.88. The highest BCUT2D eigenvalue weighted by atomic mass is 32.2. The fraction of sp³-hybridized carbons (Fsp3) is 0.720. The molecule has 2 rings (SSSR count). The second-order valence-electron chi connectivity index (χ2n) is 11.6. The lowest BCUT2D eigenvalue weighted by atomic mass is 9.73. The van der Waals surface area contributed by atoms with Gasteiger partial charge in [0.05, 0.1) is 21.9 Å². The molecule has 0 aliphatic carbocycles. The zero-order valence-corrected chi connectivity index (χ0v) is 23.7. The molecule has 1 aliphatic heterocycles. The first kappa shape index (κ1) is 30.8. The molecule has 1 heterocycles. The number of hydrogen-bond acceptors (Lipinski definition) is 5. The van der Waals surface area contributed by atoms with Gasteiger partial charge in [-0.25, -0.2) is 4.21 Å². The maximum atomic E-state index is 14.8. The summed E-state index contributed by atoms with van der Waals surface area (Å²) in [4.78, 5) is 14.2. The highest BCUT2D eigenvalue weighted by Gasteiger charge is 2.67. The van der Waals surface area contributed by atoms with Gasteiger partial charge >= 0.3 is 13.3 Å². The maximum Gasteiger partial charge on any atom is 0.483 e. The number of rotatable bonds is 8. The zero-order chi connectivity index (χ0) is 27.9. The first-order chi connectivity index (χ1) is 16.2. The van der Waals surface area contributed by atoms with Crippen LogP contribution in [0.25, 0.3) is 0 Å². The van der Waals surface area contributed by atoms with Crippen LogP contribution in [0.15, 0.2) is 30.3 Å². The molecule has 1 aromatic carbocycles. The molecular formula is C25H39BF3NO5S. The van der Waals surface area contributed by atoms with Crippen molar-refractivity contribution in [3.8, 4) is 0 Å². The van der Waals surface area contributed by atoms with E-state index in [4.69, 9.17) is 14.0 Å². The van der Waals surface area contributed by atoms with E-state index >= 15 is 0 Å². The Bertz CT molecular complexity index is 933. The number of halogens is 3. The molecule has 36 heavy (non-hydrogen) atoms. The standard InChI is InChI=1S/C25H39BF3NO5S/c1-17(2)16-19(26-34-22(6,7)23(8,9)35-26)30(36(32)21(3,4)5)20(31)24(33-10,25(27,28)29)18-14-12-11-13-15-18/h11-15,17,19H,16H2,1-10H3/t19-,24+,36+/m0/s1.